The zero-order valence-corrected chi connectivity index (χ0v) is 12.8. The number of anilines is 1. The van der Waals surface area contributed by atoms with Crippen molar-refractivity contribution in [1.82, 2.24) is 14.5 Å². The van der Waals surface area contributed by atoms with E-state index in [0.29, 0.717) is 23.1 Å². The molecule has 2 heterocycles. The van der Waals surface area contributed by atoms with Crippen LogP contribution in [-0.4, -0.2) is 14.5 Å². The first-order chi connectivity index (χ1) is 10.6. The summed E-state index contributed by atoms with van der Waals surface area (Å²) in [5, 5.41) is 0.551. The van der Waals surface area contributed by atoms with Crippen molar-refractivity contribution in [1.29, 1.82) is 0 Å². The average molecular weight is 315 g/mol. The molecular formula is C16H15ClN4O. The fraction of sp³-hybridized carbons (Fsp3) is 0.125. The summed E-state index contributed by atoms with van der Waals surface area (Å²) < 4.78 is 1.83. The van der Waals surface area contributed by atoms with Gasteiger partial charge >= 0.3 is 0 Å². The van der Waals surface area contributed by atoms with Gasteiger partial charge in [0, 0.05) is 27.5 Å². The first-order valence-electron chi connectivity index (χ1n) is 6.81. The highest BCUT2D eigenvalue weighted by Crippen LogP contribution is 2.24. The second-order valence-corrected chi connectivity index (χ2v) is 5.46. The Balaban J connectivity index is 1.97. The number of halogens is 1. The number of imidazole rings is 1. The summed E-state index contributed by atoms with van der Waals surface area (Å²) in [7, 11) is 0. The lowest BCUT2D eigenvalue weighted by atomic mass is 10.1. The number of benzene rings is 1. The van der Waals surface area contributed by atoms with Gasteiger partial charge in [0.25, 0.3) is 5.56 Å². The number of nitrogen functional groups attached to an aromatic ring is 1. The highest BCUT2D eigenvalue weighted by atomic mass is 35.5. The van der Waals surface area contributed by atoms with Gasteiger partial charge in [-0.15, -0.1) is 0 Å². The molecule has 0 aliphatic heterocycles. The van der Waals surface area contributed by atoms with Gasteiger partial charge in [-0.05, 0) is 25.1 Å². The van der Waals surface area contributed by atoms with E-state index in [-0.39, 0.29) is 5.56 Å². The lowest BCUT2D eigenvalue weighted by Crippen LogP contribution is -2.15. The molecule has 0 amide bonds. The highest BCUT2D eigenvalue weighted by molar-refractivity contribution is 6.33. The molecule has 3 rings (SSSR count). The Hall–Kier alpha value is -2.53. The van der Waals surface area contributed by atoms with Crippen LogP contribution in [0.4, 0.5) is 5.95 Å². The molecule has 5 nitrogen and oxygen atoms in total. The number of nitrogens with one attached hydrogen (secondary N) is 1. The first-order valence-corrected chi connectivity index (χ1v) is 7.19. The second-order valence-electron chi connectivity index (χ2n) is 5.05. The third kappa shape index (κ3) is 2.63. The third-order valence-electron chi connectivity index (χ3n) is 3.55. The largest absolute Gasteiger partial charge is 0.369 e. The van der Waals surface area contributed by atoms with Crippen molar-refractivity contribution in [2.24, 2.45) is 0 Å². The van der Waals surface area contributed by atoms with E-state index in [4.69, 9.17) is 17.3 Å². The first kappa shape index (κ1) is 14.4. The SMILES string of the molecule is Cc1cnc(N)n1Cc1ccc(-c2ccccc2Cl)c(=O)[nH]1. The summed E-state index contributed by atoms with van der Waals surface area (Å²) in [6.45, 7) is 2.38. The summed E-state index contributed by atoms with van der Waals surface area (Å²) in [5.41, 5.74) is 8.59. The smallest absolute Gasteiger partial charge is 0.256 e. The van der Waals surface area contributed by atoms with Gasteiger partial charge in [-0.2, -0.15) is 0 Å². The number of aryl methyl sites for hydroxylation is 1. The predicted octanol–water partition coefficient (Wildman–Crippen LogP) is 2.83. The van der Waals surface area contributed by atoms with Crippen molar-refractivity contribution in [2.75, 3.05) is 5.73 Å². The normalized spacial score (nSPS) is 10.8. The lowest BCUT2D eigenvalue weighted by molar-refractivity contribution is 0.758. The molecular weight excluding hydrogens is 300 g/mol. The van der Waals surface area contributed by atoms with Crippen molar-refractivity contribution in [3.63, 3.8) is 0 Å². The molecule has 0 saturated carbocycles. The average Bonchev–Trinajstić information content (AvgIpc) is 2.80. The minimum Gasteiger partial charge on any atom is -0.369 e. The monoisotopic (exact) mass is 314 g/mol. The number of H-pyrrole nitrogens is 1. The summed E-state index contributed by atoms with van der Waals surface area (Å²) in [5.74, 6) is 0.425. The number of hydrogen-bond donors (Lipinski definition) is 2. The fourth-order valence-electron chi connectivity index (χ4n) is 2.35. The predicted molar refractivity (Wildman–Crippen MR) is 88.0 cm³/mol. The zero-order chi connectivity index (χ0) is 15.7. The Bertz CT molecular complexity index is 862. The molecule has 3 N–H and O–H groups in total. The van der Waals surface area contributed by atoms with E-state index in [2.05, 4.69) is 9.97 Å². The highest BCUT2D eigenvalue weighted by Gasteiger charge is 2.09. The number of hydrogen-bond acceptors (Lipinski definition) is 3. The van der Waals surface area contributed by atoms with Gasteiger partial charge in [0.2, 0.25) is 5.95 Å². The Labute approximate surface area is 132 Å². The van der Waals surface area contributed by atoms with E-state index in [1.54, 1.807) is 18.3 Å². The van der Waals surface area contributed by atoms with Crippen molar-refractivity contribution < 1.29 is 0 Å². The topological polar surface area (TPSA) is 76.7 Å². The van der Waals surface area contributed by atoms with Crippen LogP contribution in [0.5, 0.6) is 0 Å². The molecule has 6 heteroatoms. The van der Waals surface area contributed by atoms with E-state index < -0.39 is 0 Å². The Morgan fingerprint density at radius 1 is 1.23 bits per heavy atom. The van der Waals surface area contributed by atoms with Crippen molar-refractivity contribution in [2.45, 2.75) is 13.5 Å². The van der Waals surface area contributed by atoms with E-state index in [9.17, 15) is 4.79 Å². The molecule has 0 bridgehead atoms. The van der Waals surface area contributed by atoms with Gasteiger partial charge in [0.15, 0.2) is 0 Å². The molecule has 0 unspecified atom stereocenters. The zero-order valence-electron chi connectivity index (χ0n) is 12.0. The standard InChI is InChI=1S/C16H15ClN4O/c1-10-8-19-16(18)21(10)9-11-6-7-13(15(22)20-11)12-4-2-3-5-14(12)17/h2-8H,9H2,1H3,(H2,18,19)(H,20,22). The van der Waals surface area contributed by atoms with Crippen LogP contribution in [0.25, 0.3) is 11.1 Å². The van der Waals surface area contributed by atoms with Crippen LogP contribution in [0.1, 0.15) is 11.4 Å². The molecule has 3 aromatic rings. The summed E-state index contributed by atoms with van der Waals surface area (Å²) in [4.78, 5) is 19.2. The van der Waals surface area contributed by atoms with Crippen LogP contribution < -0.4 is 11.3 Å². The fourth-order valence-corrected chi connectivity index (χ4v) is 2.59. The van der Waals surface area contributed by atoms with E-state index in [0.717, 1.165) is 17.0 Å². The Kier molecular flexibility index (Phi) is 3.73. The molecule has 0 saturated heterocycles. The van der Waals surface area contributed by atoms with Crippen molar-refractivity contribution in [3.05, 3.63) is 69.4 Å². The van der Waals surface area contributed by atoms with Gasteiger partial charge in [-0.1, -0.05) is 29.8 Å². The molecule has 0 spiro atoms. The summed E-state index contributed by atoms with van der Waals surface area (Å²) >= 11 is 6.15. The minimum absolute atomic E-state index is 0.179. The minimum atomic E-state index is -0.179. The Morgan fingerprint density at radius 2 is 2.00 bits per heavy atom. The van der Waals surface area contributed by atoms with Crippen LogP contribution >= 0.6 is 11.6 Å². The number of aromatic amines is 1. The summed E-state index contributed by atoms with van der Waals surface area (Å²) in [6, 6.07) is 10.9. The van der Waals surface area contributed by atoms with Crippen LogP contribution in [0, 0.1) is 6.92 Å². The maximum atomic E-state index is 12.3. The number of nitrogens with two attached hydrogens (primary N) is 1. The molecule has 0 aliphatic rings. The molecule has 0 aliphatic carbocycles. The maximum absolute atomic E-state index is 12.3. The van der Waals surface area contributed by atoms with Crippen LogP contribution in [0.2, 0.25) is 5.02 Å². The van der Waals surface area contributed by atoms with Gasteiger partial charge < -0.3 is 15.3 Å². The summed E-state index contributed by atoms with van der Waals surface area (Å²) in [6.07, 6.45) is 1.70. The Morgan fingerprint density at radius 3 is 2.64 bits per heavy atom. The number of rotatable bonds is 3. The molecule has 0 atom stereocenters. The van der Waals surface area contributed by atoms with Gasteiger partial charge in [0.1, 0.15) is 0 Å². The number of pyridine rings is 1. The quantitative estimate of drug-likeness (QED) is 0.780. The van der Waals surface area contributed by atoms with Crippen LogP contribution in [0.3, 0.4) is 0 Å². The molecule has 1 aromatic carbocycles. The van der Waals surface area contributed by atoms with Crippen LogP contribution in [-0.2, 0) is 6.54 Å². The lowest BCUT2D eigenvalue weighted by Gasteiger charge is -2.09. The number of nitrogens with zero attached hydrogens (tertiary/aromatic N) is 2. The maximum Gasteiger partial charge on any atom is 0.256 e. The van der Waals surface area contributed by atoms with Gasteiger partial charge in [0.05, 0.1) is 12.7 Å². The molecule has 22 heavy (non-hydrogen) atoms. The second kappa shape index (κ2) is 5.69. The van der Waals surface area contributed by atoms with Crippen molar-refractivity contribution in [3.8, 4) is 11.1 Å². The van der Waals surface area contributed by atoms with Crippen molar-refractivity contribution >= 4 is 17.5 Å². The third-order valence-corrected chi connectivity index (χ3v) is 3.88. The van der Waals surface area contributed by atoms with E-state index in [1.807, 2.05) is 35.8 Å². The molecule has 0 fully saturated rings. The molecule has 0 radical (unpaired) electrons. The van der Waals surface area contributed by atoms with E-state index in [1.165, 1.54) is 0 Å². The van der Waals surface area contributed by atoms with Crippen LogP contribution in [0.15, 0.2) is 47.4 Å². The molecule has 2 aromatic heterocycles. The van der Waals surface area contributed by atoms with Gasteiger partial charge in [-0.25, -0.2) is 4.98 Å². The number of aromatic nitrogens is 3. The van der Waals surface area contributed by atoms with Gasteiger partial charge in [-0.3, -0.25) is 4.79 Å². The van der Waals surface area contributed by atoms with E-state index >= 15 is 0 Å². The molecule has 112 valence electrons.